The van der Waals surface area contributed by atoms with Crippen LogP contribution in [0.3, 0.4) is 0 Å². The first-order valence-corrected chi connectivity index (χ1v) is 6.73. The Morgan fingerprint density at radius 3 is 2.90 bits per heavy atom. The van der Waals surface area contributed by atoms with Gasteiger partial charge in [0.2, 0.25) is 17.6 Å². The molecule has 1 aromatic heterocycles. The van der Waals surface area contributed by atoms with E-state index in [9.17, 15) is 4.79 Å². The van der Waals surface area contributed by atoms with Crippen molar-refractivity contribution < 1.29 is 9.32 Å². The van der Waals surface area contributed by atoms with E-state index in [-0.39, 0.29) is 11.8 Å². The number of hydrogen-bond donors (Lipinski definition) is 1. The summed E-state index contributed by atoms with van der Waals surface area (Å²) >= 11 is 0. The number of amides is 1. The maximum atomic E-state index is 11.4. The lowest BCUT2D eigenvalue weighted by atomic mass is 10.1. The van der Waals surface area contributed by atoms with Crippen LogP contribution in [0.5, 0.6) is 0 Å². The standard InChI is InChI=1S/C15H19N3O2/c1-10(2)15(19)16-8-7-13-17-14(18-20-13)12-6-4-5-11(3)9-12/h4-6,9-10H,7-8H2,1-3H3,(H,16,19). The molecule has 0 spiro atoms. The van der Waals surface area contributed by atoms with Crippen molar-refractivity contribution in [1.82, 2.24) is 15.5 Å². The molecule has 0 aliphatic heterocycles. The van der Waals surface area contributed by atoms with Gasteiger partial charge < -0.3 is 9.84 Å². The first-order chi connectivity index (χ1) is 9.56. The normalized spacial score (nSPS) is 10.8. The van der Waals surface area contributed by atoms with Crippen LogP contribution in [0, 0.1) is 12.8 Å². The van der Waals surface area contributed by atoms with Crippen molar-refractivity contribution in [3.05, 3.63) is 35.7 Å². The van der Waals surface area contributed by atoms with E-state index < -0.39 is 0 Å². The fourth-order valence-corrected chi connectivity index (χ4v) is 1.75. The summed E-state index contributed by atoms with van der Waals surface area (Å²) < 4.78 is 5.19. The Kier molecular flexibility index (Phi) is 4.50. The van der Waals surface area contributed by atoms with Gasteiger partial charge in [-0.1, -0.05) is 42.8 Å². The third-order valence-electron chi connectivity index (χ3n) is 2.91. The van der Waals surface area contributed by atoms with Crippen molar-refractivity contribution in [2.24, 2.45) is 5.92 Å². The van der Waals surface area contributed by atoms with Crippen molar-refractivity contribution in [3.63, 3.8) is 0 Å². The van der Waals surface area contributed by atoms with Gasteiger partial charge in [0.1, 0.15) is 0 Å². The quantitative estimate of drug-likeness (QED) is 0.908. The van der Waals surface area contributed by atoms with Gasteiger partial charge in [-0.15, -0.1) is 0 Å². The summed E-state index contributed by atoms with van der Waals surface area (Å²) in [4.78, 5) is 15.8. The Hall–Kier alpha value is -2.17. The number of aromatic nitrogens is 2. The van der Waals surface area contributed by atoms with Crippen molar-refractivity contribution in [1.29, 1.82) is 0 Å². The number of nitrogens with one attached hydrogen (secondary N) is 1. The van der Waals surface area contributed by atoms with E-state index in [1.165, 1.54) is 0 Å². The van der Waals surface area contributed by atoms with Crippen LogP contribution < -0.4 is 5.32 Å². The molecule has 0 unspecified atom stereocenters. The molecule has 0 aliphatic carbocycles. The molecule has 0 saturated heterocycles. The molecule has 106 valence electrons. The molecule has 0 aliphatic rings. The average molecular weight is 273 g/mol. The van der Waals surface area contributed by atoms with Gasteiger partial charge in [0.15, 0.2) is 0 Å². The molecular weight excluding hydrogens is 254 g/mol. The lowest BCUT2D eigenvalue weighted by Crippen LogP contribution is -2.29. The highest BCUT2D eigenvalue weighted by Crippen LogP contribution is 2.16. The van der Waals surface area contributed by atoms with Gasteiger partial charge in [0.05, 0.1) is 0 Å². The van der Waals surface area contributed by atoms with E-state index in [2.05, 4.69) is 15.5 Å². The Balaban J connectivity index is 1.94. The highest BCUT2D eigenvalue weighted by atomic mass is 16.5. The number of hydrogen-bond acceptors (Lipinski definition) is 4. The third kappa shape index (κ3) is 3.66. The smallest absolute Gasteiger partial charge is 0.228 e. The Morgan fingerprint density at radius 2 is 2.20 bits per heavy atom. The van der Waals surface area contributed by atoms with E-state index >= 15 is 0 Å². The van der Waals surface area contributed by atoms with Crippen LogP contribution in [-0.4, -0.2) is 22.6 Å². The van der Waals surface area contributed by atoms with E-state index in [0.29, 0.717) is 24.7 Å². The predicted octanol–water partition coefficient (Wildman–Crippen LogP) is 2.36. The molecular formula is C15H19N3O2. The Morgan fingerprint density at radius 1 is 1.40 bits per heavy atom. The summed E-state index contributed by atoms with van der Waals surface area (Å²) in [7, 11) is 0. The van der Waals surface area contributed by atoms with Crippen LogP contribution in [0.4, 0.5) is 0 Å². The van der Waals surface area contributed by atoms with E-state index in [4.69, 9.17) is 4.52 Å². The van der Waals surface area contributed by atoms with Crippen molar-refractivity contribution in [2.75, 3.05) is 6.54 Å². The van der Waals surface area contributed by atoms with Gasteiger partial charge in [-0.3, -0.25) is 4.79 Å². The van der Waals surface area contributed by atoms with Crippen molar-refractivity contribution >= 4 is 5.91 Å². The minimum absolute atomic E-state index is 0.0134. The molecule has 1 heterocycles. The molecule has 1 amide bonds. The minimum Gasteiger partial charge on any atom is -0.355 e. The molecule has 1 aromatic carbocycles. The van der Waals surface area contributed by atoms with Crippen molar-refractivity contribution in [2.45, 2.75) is 27.2 Å². The van der Waals surface area contributed by atoms with Crippen LogP contribution in [0.15, 0.2) is 28.8 Å². The number of carbonyl (C=O) groups excluding carboxylic acids is 1. The largest absolute Gasteiger partial charge is 0.355 e. The lowest BCUT2D eigenvalue weighted by Gasteiger charge is -2.05. The molecule has 1 N–H and O–H groups in total. The second-order valence-corrected chi connectivity index (χ2v) is 5.08. The molecule has 0 bridgehead atoms. The number of benzene rings is 1. The maximum Gasteiger partial charge on any atom is 0.228 e. The molecule has 2 aromatic rings. The third-order valence-corrected chi connectivity index (χ3v) is 2.91. The zero-order valence-corrected chi connectivity index (χ0v) is 12.0. The summed E-state index contributed by atoms with van der Waals surface area (Å²) in [6.45, 7) is 6.24. The Bertz CT molecular complexity index is 590. The van der Waals surface area contributed by atoms with Gasteiger partial charge >= 0.3 is 0 Å². The highest BCUT2D eigenvalue weighted by Gasteiger charge is 2.10. The summed E-state index contributed by atoms with van der Waals surface area (Å²) in [5.74, 6) is 1.13. The zero-order valence-electron chi connectivity index (χ0n) is 12.0. The lowest BCUT2D eigenvalue weighted by molar-refractivity contribution is -0.123. The van der Waals surface area contributed by atoms with Crippen LogP contribution in [0.2, 0.25) is 0 Å². The summed E-state index contributed by atoms with van der Waals surface area (Å²) in [6.07, 6.45) is 0.539. The SMILES string of the molecule is Cc1cccc(-c2noc(CCNC(=O)C(C)C)n2)c1. The van der Waals surface area contributed by atoms with Crippen LogP contribution in [0.1, 0.15) is 25.3 Å². The molecule has 0 atom stereocenters. The molecule has 0 radical (unpaired) electrons. The van der Waals surface area contributed by atoms with Gasteiger partial charge in [-0.2, -0.15) is 4.98 Å². The summed E-state index contributed by atoms with van der Waals surface area (Å²) in [5.41, 5.74) is 2.09. The minimum atomic E-state index is -0.0134. The van der Waals surface area contributed by atoms with Gasteiger partial charge in [-0.25, -0.2) is 0 Å². The van der Waals surface area contributed by atoms with E-state index in [1.807, 2.05) is 45.0 Å². The summed E-state index contributed by atoms with van der Waals surface area (Å²) in [6, 6.07) is 7.94. The fourth-order valence-electron chi connectivity index (χ4n) is 1.75. The second kappa shape index (κ2) is 6.32. The van der Waals surface area contributed by atoms with Crippen LogP contribution in [-0.2, 0) is 11.2 Å². The zero-order chi connectivity index (χ0) is 14.5. The monoisotopic (exact) mass is 273 g/mol. The fraction of sp³-hybridized carbons (Fsp3) is 0.400. The van der Waals surface area contributed by atoms with E-state index in [0.717, 1.165) is 11.1 Å². The van der Waals surface area contributed by atoms with E-state index in [1.54, 1.807) is 0 Å². The maximum absolute atomic E-state index is 11.4. The number of rotatable bonds is 5. The second-order valence-electron chi connectivity index (χ2n) is 5.08. The number of aryl methyl sites for hydroxylation is 1. The molecule has 0 fully saturated rings. The first-order valence-electron chi connectivity index (χ1n) is 6.73. The first kappa shape index (κ1) is 14.2. The van der Waals surface area contributed by atoms with Gasteiger partial charge in [0, 0.05) is 24.4 Å². The van der Waals surface area contributed by atoms with Gasteiger partial charge in [0.25, 0.3) is 0 Å². The molecule has 0 saturated carbocycles. The van der Waals surface area contributed by atoms with Crippen LogP contribution >= 0.6 is 0 Å². The average Bonchev–Trinajstić information content (AvgIpc) is 2.87. The molecule has 2 rings (SSSR count). The number of carbonyl (C=O) groups is 1. The van der Waals surface area contributed by atoms with Crippen molar-refractivity contribution in [3.8, 4) is 11.4 Å². The molecule has 20 heavy (non-hydrogen) atoms. The van der Waals surface area contributed by atoms with Crippen LogP contribution in [0.25, 0.3) is 11.4 Å². The van der Waals surface area contributed by atoms with Gasteiger partial charge in [-0.05, 0) is 13.0 Å². The Labute approximate surface area is 118 Å². The molecule has 5 nitrogen and oxygen atoms in total. The number of nitrogens with zero attached hydrogens (tertiary/aromatic N) is 2. The summed E-state index contributed by atoms with van der Waals surface area (Å²) in [5, 5.41) is 6.78. The highest BCUT2D eigenvalue weighted by molar-refractivity contribution is 5.77. The molecule has 5 heteroatoms. The predicted molar refractivity (Wildman–Crippen MR) is 76.0 cm³/mol. The topological polar surface area (TPSA) is 68.0 Å².